The van der Waals surface area contributed by atoms with E-state index in [0.717, 1.165) is 83.3 Å². The van der Waals surface area contributed by atoms with Gasteiger partial charge in [0.05, 0.1) is 5.76 Å². The van der Waals surface area contributed by atoms with E-state index >= 15 is 0 Å². The Morgan fingerprint density at radius 1 is 0.826 bits per heavy atom. The second-order valence-corrected chi connectivity index (χ2v) is 11.6. The minimum Gasteiger partial charge on any atom is -0.512 e. The molecular weight excluding hydrogens is 751 g/mol. The number of allylic oxidation sites excluding steroid dienone is 2. The summed E-state index contributed by atoms with van der Waals surface area (Å²) in [6.07, 6.45) is 3.12. The number of nitrogens with zero attached hydrogens (tertiary/aromatic N) is 1. The summed E-state index contributed by atoms with van der Waals surface area (Å²) < 4.78 is 13.1. The first-order valence-electron chi connectivity index (χ1n) is 14.9. The molecule has 7 aromatic rings. The van der Waals surface area contributed by atoms with Gasteiger partial charge < -0.3 is 18.9 Å². The molecule has 1 radical (unpaired) electrons. The number of carbonyl (C=O) groups is 1. The first-order chi connectivity index (χ1) is 21.6. The molecule has 0 aliphatic heterocycles. The molecule has 0 aliphatic carbocycles. The number of pyridine rings is 1. The number of carbonyl (C=O) groups excluding carboxylic acids is 1. The van der Waals surface area contributed by atoms with Crippen LogP contribution in [-0.4, -0.2) is 15.9 Å². The third-order valence-electron chi connectivity index (χ3n) is 7.81. The molecule has 0 saturated carbocycles. The van der Waals surface area contributed by atoms with E-state index in [9.17, 15) is 4.79 Å². The van der Waals surface area contributed by atoms with Gasteiger partial charge in [-0.3, -0.25) is 4.79 Å². The van der Waals surface area contributed by atoms with Crippen LogP contribution in [0.25, 0.3) is 66.6 Å². The van der Waals surface area contributed by atoms with Crippen molar-refractivity contribution < 1.29 is 38.8 Å². The number of rotatable bonds is 4. The molecule has 3 heterocycles. The zero-order valence-corrected chi connectivity index (χ0v) is 29.0. The van der Waals surface area contributed by atoms with Crippen molar-refractivity contribution in [3.05, 3.63) is 125 Å². The largest absolute Gasteiger partial charge is 0.512 e. The van der Waals surface area contributed by atoms with Gasteiger partial charge in [0.15, 0.2) is 5.78 Å². The molecular formula is C40H34IrNO4-. The van der Waals surface area contributed by atoms with Gasteiger partial charge in [-0.15, -0.1) is 34.9 Å². The predicted molar refractivity (Wildman–Crippen MR) is 182 cm³/mol. The Kier molecular flexibility index (Phi) is 9.43. The molecule has 0 aliphatic rings. The maximum Gasteiger partial charge on any atom is 0.155 e. The van der Waals surface area contributed by atoms with Crippen molar-refractivity contribution in [2.45, 2.75) is 41.5 Å². The van der Waals surface area contributed by atoms with Crippen molar-refractivity contribution in [2.75, 3.05) is 0 Å². The molecule has 46 heavy (non-hydrogen) atoms. The molecule has 0 unspecified atom stereocenters. The summed E-state index contributed by atoms with van der Waals surface area (Å²) in [4.78, 5) is 14.9. The van der Waals surface area contributed by atoms with E-state index in [1.165, 1.54) is 25.5 Å². The maximum atomic E-state index is 10.0. The standard InChI is InChI=1S/C35H26NO2.C5H8O2.Ir/c1-20-14-21(2)16-25(15-20)33-35-28(29(19-36-33)24-10-6-5-7-11-24)18-31(38-35)32-22(3)17-27-26-12-8-9-13-30(26)37-34(27)23(32)4;1-4(6)3-5(2)7;/h5-15,17-19H,1-4H3;3,6H,1-2H3;/q-1;;/b;4-3-;. The molecule has 0 atom stereocenters. The van der Waals surface area contributed by atoms with E-state index < -0.39 is 0 Å². The summed E-state index contributed by atoms with van der Waals surface area (Å²) in [6, 6.07) is 30.7. The molecule has 5 nitrogen and oxygen atoms in total. The first-order valence-corrected chi connectivity index (χ1v) is 14.9. The third kappa shape index (κ3) is 6.32. The summed E-state index contributed by atoms with van der Waals surface area (Å²) in [5.74, 6) is 0.751. The van der Waals surface area contributed by atoms with Crippen LogP contribution in [0.15, 0.2) is 106 Å². The van der Waals surface area contributed by atoms with E-state index in [-0.39, 0.29) is 31.6 Å². The quantitative estimate of drug-likeness (QED) is 0.109. The Balaban J connectivity index is 0.000000471. The molecule has 0 fully saturated rings. The van der Waals surface area contributed by atoms with Crippen LogP contribution < -0.4 is 0 Å². The molecule has 7 rings (SSSR count). The van der Waals surface area contributed by atoms with E-state index in [0.29, 0.717) is 0 Å². The van der Waals surface area contributed by atoms with Gasteiger partial charge in [-0.05, 0) is 57.0 Å². The summed E-state index contributed by atoms with van der Waals surface area (Å²) in [7, 11) is 0. The van der Waals surface area contributed by atoms with Gasteiger partial charge in [-0.2, -0.15) is 0 Å². The van der Waals surface area contributed by atoms with Gasteiger partial charge in [-0.25, -0.2) is 0 Å². The molecule has 233 valence electrons. The van der Waals surface area contributed by atoms with Crippen molar-refractivity contribution in [3.8, 4) is 33.7 Å². The Labute approximate surface area is 281 Å². The normalized spacial score (nSPS) is 11.4. The van der Waals surface area contributed by atoms with E-state index in [2.05, 4.69) is 94.4 Å². The van der Waals surface area contributed by atoms with Crippen molar-refractivity contribution in [2.24, 2.45) is 0 Å². The molecule has 0 saturated heterocycles. The first kappa shape index (κ1) is 32.6. The summed E-state index contributed by atoms with van der Waals surface area (Å²) in [6.45, 7) is 11.3. The number of aryl methyl sites for hydroxylation is 4. The smallest absolute Gasteiger partial charge is 0.155 e. The predicted octanol–water partition coefficient (Wildman–Crippen LogP) is 10.8. The number of fused-ring (bicyclic) bond motifs is 4. The maximum absolute atomic E-state index is 10.0. The van der Waals surface area contributed by atoms with Crippen molar-refractivity contribution in [1.82, 2.24) is 4.98 Å². The second-order valence-electron chi connectivity index (χ2n) is 11.6. The molecule has 0 bridgehead atoms. The van der Waals surface area contributed by atoms with Gasteiger partial charge in [0.2, 0.25) is 0 Å². The monoisotopic (exact) mass is 785 g/mol. The third-order valence-corrected chi connectivity index (χ3v) is 7.81. The number of furan rings is 2. The van der Waals surface area contributed by atoms with Crippen LogP contribution in [0.2, 0.25) is 0 Å². The van der Waals surface area contributed by atoms with E-state index in [1.54, 1.807) is 0 Å². The topological polar surface area (TPSA) is 76.5 Å². The van der Waals surface area contributed by atoms with Gasteiger partial charge >= 0.3 is 0 Å². The zero-order chi connectivity index (χ0) is 31.8. The van der Waals surface area contributed by atoms with Crippen LogP contribution in [0.5, 0.6) is 0 Å². The number of ketones is 1. The molecule has 1 N–H and O–H groups in total. The Bertz CT molecular complexity index is 2230. The Morgan fingerprint density at radius 2 is 1.54 bits per heavy atom. The van der Waals surface area contributed by atoms with E-state index in [1.807, 2.05) is 24.4 Å². The van der Waals surface area contributed by atoms with Gasteiger partial charge in [0.1, 0.15) is 22.5 Å². The molecule has 6 heteroatoms. The van der Waals surface area contributed by atoms with Crippen molar-refractivity contribution >= 4 is 38.7 Å². The van der Waals surface area contributed by atoms with E-state index in [4.69, 9.17) is 18.9 Å². The summed E-state index contributed by atoms with van der Waals surface area (Å²) >= 11 is 0. The number of hydrogen-bond acceptors (Lipinski definition) is 5. The molecule has 3 aromatic heterocycles. The van der Waals surface area contributed by atoms with Crippen LogP contribution in [0, 0.1) is 33.8 Å². The van der Waals surface area contributed by atoms with Crippen molar-refractivity contribution in [3.63, 3.8) is 0 Å². The van der Waals surface area contributed by atoms with Crippen LogP contribution in [0.1, 0.15) is 36.1 Å². The number of benzene rings is 4. The number of para-hydroxylation sites is 1. The van der Waals surface area contributed by atoms with Gasteiger partial charge in [0, 0.05) is 70.9 Å². The average Bonchev–Trinajstić information content (AvgIpc) is 3.59. The zero-order valence-electron chi connectivity index (χ0n) is 26.6. The number of aliphatic hydroxyl groups excluding tert-OH is 1. The van der Waals surface area contributed by atoms with Crippen LogP contribution in [0.4, 0.5) is 0 Å². The number of aromatic nitrogens is 1. The molecule has 0 spiro atoms. The van der Waals surface area contributed by atoms with Crippen LogP contribution >= 0.6 is 0 Å². The minimum atomic E-state index is -0.125. The fourth-order valence-corrected chi connectivity index (χ4v) is 6.07. The SMILES string of the molecule is CC(=O)/C=C(/C)O.Cc1[c-]c(-c2ncc(-c3ccccc3)c3cc(-c4c(C)cc5c(oc6ccccc65)c4C)oc23)cc(C)c1.[Ir]. The fraction of sp³-hybridized carbons (Fsp3) is 0.150. The van der Waals surface area contributed by atoms with Crippen LogP contribution in [-0.2, 0) is 24.9 Å². The number of hydrogen-bond donors (Lipinski definition) is 1. The van der Waals surface area contributed by atoms with Crippen LogP contribution in [0.3, 0.4) is 0 Å². The Hall–Kier alpha value is -4.77. The average molecular weight is 785 g/mol. The van der Waals surface area contributed by atoms with Gasteiger partial charge in [-0.1, -0.05) is 62.4 Å². The van der Waals surface area contributed by atoms with Crippen molar-refractivity contribution in [1.29, 1.82) is 0 Å². The molecule has 0 amide bonds. The number of aliphatic hydroxyl groups is 1. The second kappa shape index (κ2) is 13.3. The summed E-state index contributed by atoms with van der Waals surface area (Å²) in [5, 5.41) is 11.7. The van der Waals surface area contributed by atoms with Gasteiger partial charge in [0.25, 0.3) is 0 Å². The fourth-order valence-electron chi connectivity index (χ4n) is 6.07. The Morgan fingerprint density at radius 3 is 2.22 bits per heavy atom. The molecule has 4 aromatic carbocycles. The summed E-state index contributed by atoms with van der Waals surface area (Å²) in [5.41, 5.74) is 12.0. The minimum absolute atomic E-state index is 0.